The average molecular weight is 266 g/mol. The van der Waals surface area contributed by atoms with Crippen molar-refractivity contribution < 1.29 is 4.79 Å². The summed E-state index contributed by atoms with van der Waals surface area (Å²) in [6.45, 7) is 3.00. The van der Waals surface area contributed by atoms with E-state index in [1.807, 2.05) is 6.07 Å². The van der Waals surface area contributed by atoms with Crippen molar-refractivity contribution in [2.45, 2.75) is 37.3 Å². The Kier molecular flexibility index (Phi) is 4.81. The first kappa shape index (κ1) is 13.1. The van der Waals surface area contributed by atoms with Gasteiger partial charge in [-0.05, 0) is 19.3 Å². The first-order valence-electron chi connectivity index (χ1n) is 6.26. The zero-order valence-electron chi connectivity index (χ0n) is 10.5. The standard InChI is InChI=1S/C12H18N4OS/c1-2-5-13-10-6-12(15-8-14-10)18-7-11(17)16-9-3-4-9/h6,8-9H,2-5,7H2,1H3,(H,16,17)(H,13,14,15). The van der Waals surface area contributed by atoms with Gasteiger partial charge in [0.1, 0.15) is 17.2 Å². The molecular weight excluding hydrogens is 248 g/mol. The van der Waals surface area contributed by atoms with Gasteiger partial charge in [0.25, 0.3) is 0 Å². The van der Waals surface area contributed by atoms with Gasteiger partial charge in [-0.1, -0.05) is 18.7 Å². The van der Waals surface area contributed by atoms with Gasteiger partial charge in [0.2, 0.25) is 5.91 Å². The van der Waals surface area contributed by atoms with E-state index in [2.05, 4.69) is 27.5 Å². The fourth-order valence-corrected chi connectivity index (χ4v) is 2.08. The van der Waals surface area contributed by atoms with Gasteiger partial charge < -0.3 is 10.6 Å². The number of rotatable bonds is 7. The third kappa shape index (κ3) is 4.52. The molecule has 1 heterocycles. The molecule has 1 amide bonds. The van der Waals surface area contributed by atoms with Crippen LogP contribution < -0.4 is 10.6 Å². The molecule has 1 aromatic heterocycles. The lowest BCUT2D eigenvalue weighted by Gasteiger charge is -2.05. The fourth-order valence-electron chi connectivity index (χ4n) is 1.40. The maximum Gasteiger partial charge on any atom is 0.230 e. The minimum absolute atomic E-state index is 0.0872. The molecule has 0 atom stereocenters. The lowest BCUT2D eigenvalue weighted by atomic mass is 10.4. The van der Waals surface area contributed by atoms with Crippen molar-refractivity contribution in [1.29, 1.82) is 0 Å². The first-order chi connectivity index (χ1) is 8.78. The summed E-state index contributed by atoms with van der Waals surface area (Å²) in [5.41, 5.74) is 0. The van der Waals surface area contributed by atoms with Gasteiger partial charge in [0, 0.05) is 18.7 Å². The number of carbonyl (C=O) groups is 1. The lowest BCUT2D eigenvalue weighted by molar-refractivity contribution is -0.118. The molecular formula is C12H18N4OS. The second-order valence-electron chi connectivity index (χ2n) is 4.30. The number of aromatic nitrogens is 2. The molecule has 1 saturated carbocycles. The molecule has 1 aliphatic rings. The van der Waals surface area contributed by atoms with Crippen molar-refractivity contribution in [2.24, 2.45) is 0 Å². The molecule has 2 N–H and O–H groups in total. The van der Waals surface area contributed by atoms with Crippen LogP contribution in [0.5, 0.6) is 0 Å². The van der Waals surface area contributed by atoms with Gasteiger partial charge in [-0.25, -0.2) is 9.97 Å². The molecule has 0 unspecified atom stereocenters. The molecule has 0 saturated heterocycles. The number of thioether (sulfide) groups is 1. The Labute approximate surface area is 111 Å². The number of amides is 1. The molecule has 0 bridgehead atoms. The van der Waals surface area contributed by atoms with Crippen LogP contribution in [0.25, 0.3) is 0 Å². The van der Waals surface area contributed by atoms with Gasteiger partial charge in [-0.2, -0.15) is 0 Å². The van der Waals surface area contributed by atoms with Crippen LogP contribution in [0.4, 0.5) is 5.82 Å². The van der Waals surface area contributed by atoms with Crippen LogP contribution >= 0.6 is 11.8 Å². The predicted octanol–water partition coefficient (Wildman–Crippen LogP) is 1.67. The number of hydrogen-bond donors (Lipinski definition) is 2. The first-order valence-corrected chi connectivity index (χ1v) is 7.24. The number of anilines is 1. The Morgan fingerprint density at radius 1 is 1.50 bits per heavy atom. The van der Waals surface area contributed by atoms with Crippen LogP contribution in [0, 0.1) is 0 Å². The third-order valence-electron chi connectivity index (χ3n) is 2.49. The fraction of sp³-hybridized carbons (Fsp3) is 0.583. The predicted molar refractivity (Wildman–Crippen MR) is 72.7 cm³/mol. The molecule has 1 fully saturated rings. The maximum absolute atomic E-state index is 11.5. The second kappa shape index (κ2) is 6.58. The molecule has 0 radical (unpaired) electrons. The van der Waals surface area contributed by atoms with Gasteiger partial charge in [0.15, 0.2) is 0 Å². The van der Waals surface area contributed by atoms with Crippen molar-refractivity contribution in [1.82, 2.24) is 15.3 Å². The van der Waals surface area contributed by atoms with Gasteiger partial charge in [-0.15, -0.1) is 0 Å². The van der Waals surface area contributed by atoms with Gasteiger partial charge in [-0.3, -0.25) is 4.79 Å². The summed E-state index contributed by atoms with van der Waals surface area (Å²) in [7, 11) is 0. The van der Waals surface area contributed by atoms with E-state index in [1.54, 1.807) is 0 Å². The Morgan fingerprint density at radius 3 is 3.06 bits per heavy atom. The van der Waals surface area contributed by atoms with Gasteiger partial charge >= 0.3 is 0 Å². The molecule has 6 heteroatoms. The van der Waals surface area contributed by atoms with Crippen molar-refractivity contribution >= 4 is 23.5 Å². The van der Waals surface area contributed by atoms with Crippen LogP contribution in [-0.2, 0) is 4.79 Å². The highest BCUT2D eigenvalue weighted by molar-refractivity contribution is 7.99. The smallest absolute Gasteiger partial charge is 0.230 e. The van der Waals surface area contributed by atoms with Crippen LogP contribution in [0.15, 0.2) is 17.4 Å². The normalized spacial score (nSPS) is 14.3. The Morgan fingerprint density at radius 2 is 2.33 bits per heavy atom. The van der Waals surface area contributed by atoms with E-state index in [0.717, 1.165) is 36.7 Å². The highest BCUT2D eigenvalue weighted by Crippen LogP contribution is 2.20. The molecule has 5 nitrogen and oxygen atoms in total. The van der Waals surface area contributed by atoms with Crippen molar-refractivity contribution in [3.8, 4) is 0 Å². The van der Waals surface area contributed by atoms with E-state index in [9.17, 15) is 4.79 Å². The van der Waals surface area contributed by atoms with Crippen LogP contribution in [-0.4, -0.2) is 34.2 Å². The Balaban J connectivity index is 1.78. The summed E-state index contributed by atoms with van der Waals surface area (Å²) in [5.74, 6) is 1.32. The lowest BCUT2D eigenvalue weighted by Crippen LogP contribution is -2.27. The summed E-state index contributed by atoms with van der Waals surface area (Å²) >= 11 is 1.44. The summed E-state index contributed by atoms with van der Waals surface area (Å²) in [5, 5.41) is 6.98. The van der Waals surface area contributed by atoms with E-state index in [0.29, 0.717) is 11.8 Å². The van der Waals surface area contributed by atoms with E-state index in [4.69, 9.17) is 0 Å². The molecule has 1 aromatic rings. The molecule has 0 aromatic carbocycles. The zero-order valence-corrected chi connectivity index (χ0v) is 11.3. The van der Waals surface area contributed by atoms with Crippen LogP contribution in [0.3, 0.4) is 0 Å². The van der Waals surface area contributed by atoms with E-state index in [1.165, 1.54) is 18.1 Å². The van der Waals surface area contributed by atoms with Crippen LogP contribution in [0.2, 0.25) is 0 Å². The number of hydrogen-bond acceptors (Lipinski definition) is 5. The largest absolute Gasteiger partial charge is 0.370 e. The van der Waals surface area contributed by atoms with E-state index < -0.39 is 0 Å². The van der Waals surface area contributed by atoms with E-state index in [-0.39, 0.29) is 5.91 Å². The van der Waals surface area contributed by atoms with E-state index >= 15 is 0 Å². The quantitative estimate of drug-likeness (QED) is 0.580. The molecule has 2 rings (SSSR count). The summed E-state index contributed by atoms with van der Waals surface area (Å²) in [6, 6.07) is 2.30. The molecule has 18 heavy (non-hydrogen) atoms. The minimum Gasteiger partial charge on any atom is -0.370 e. The topological polar surface area (TPSA) is 66.9 Å². The van der Waals surface area contributed by atoms with Crippen LogP contribution in [0.1, 0.15) is 26.2 Å². The summed E-state index contributed by atoms with van der Waals surface area (Å²) < 4.78 is 0. The molecule has 0 spiro atoms. The zero-order chi connectivity index (χ0) is 12.8. The van der Waals surface area contributed by atoms with Gasteiger partial charge in [0.05, 0.1) is 5.75 Å². The summed E-state index contributed by atoms with van der Waals surface area (Å²) in [6.07, 6.45) is 4.82. The highest BCUT2D eigenvalue weighted by atomic mass is 32.2. The van der Waals surface area contributed by atoms with Crippen molar-refractivity contribution in [3.05, 3.63) is 12.4 Å². The van der Waals surface area contributed by atoms with Crippen molar-refractivity contribution in [2.75, 3.05) is 17.6 Å². The SMILES string of the molecule is CCCNc1cc(SCC(=O)NC2CC2)ncn1. The Bertz CT molecular complexity index is 409. The third-order valence-corrected chi connectivity index (χ3v) is 3.42. The number of nitrogens with one attached hydrogen (secondary N) is 2. The number of nitrogens with zero attached hydrogens (tertiary/aromatic N) is 2. The molecule has 0 aliphatic heterocycles. The minimum atomic E-state index is 0.0872. The second-order valence-corrected chi connectivity index (χ2v) is 5.29. The highest BCUT2D eigenvalue weighted by Gasteiger charge is 2.23. The number of carbonyl (C=O) groups excluding carboxylic acids is 1. The monoisotopic (exact) mass is 266 g/mol. The molecule has 98 valence electrons. The average Bonchev–Trinajstić information content (AvgIpc) is 3.18. The summed E-state index contributed by atoms with van der Waals surface area (Å²) in [4.78, 5) is 19.8. The molecule has 1 aliphatic carbocycles. The Hall–Kier alpha value is -1.30. The van der Waals surface area contributed by atoms with Crippen molar-refractivity contribution in [3.63, 3.8) is 0 Å². The maximum atomic E-state index is 11.5.